The quantitative estimate of drug-likeness (QED) is 0.431. The lowest BCUT2D eigenvalue weighted by Crippen LogP contribution is -2.19. The molecule has 32 heavy (non-hydrogen) atoms. The van der Waals surface area contributed by atoms with Crippen LogP contribution in [0.5, 0.6) is 0 Å². The van der Waals surface area contributed by atoms with Crippen LogP contribution in [0, 0.1) is 5.82 Å². The molecule has 0 aliphatic heterocycles. The van der Waals surface area contributed by atoms with Crippen LogP contribution in [-0.4, -0.2) is 29.3 Å². The average molecular weight is 432 g/mol. The van der Waals surface area contributed by atoms with E-state index < -0.39 is 17.8 Å². The number of aromatic nitrogens is 2. The molecule has 4 rings (SSSR count). The molecule has 0 bridgehead atoms. The number of hydrogen-bond acceptors (Lipinski definition) is 6. The number of ether oxygens (including phenoxy) is 1. The zero-order valence-electron chi connectivity index (χ0n) is 16.8. The molecule has 0 saturated heterocycles. The van der Waals surface area contributed by atoms with Gasteiger partial charge < -0.3 is 19.8 Å². The van der Waals surface area contributed by atoms with Gasteiger partial charge >= 0.3 is 12.0 Å². The Morgan fingerprint density at radius 1 is 0.875 bits per heavy atom. The third-order valence-corrected chi connectivity index (χ3v) is 4.44. The highest BCUT2D eigenvalue weighted by atomic mass is 19.1. The minimum atomic E-state index is -0.583. The number of carbonyl (C=O) groups excluding carboxylic acids is 2. The summed E-state index contributed by atoms with van der Waals surface area (Å²) in [6.07, 6.45) is 0. The van der Waals surface area contributed by atoms with Crippen LogP contribution in [0.4, 0.5) is 20.6 Å². The molecule has 1 heterocycles. The van der Waals surface area contributed by atoms with Crippen molar-refractivity contribution in [3.05, 3.63) is 84.2 Å². The molecule has 0 atom stereocenters. The Kier molecular flexibility index (Phi) is 5.89. The van der Waals surface area contributed by atoms with Gasteiger partial charge in [0.05, 0.1) is 18.2 Å². The SMILES string of the molecule is COC(=O)c1cccc(NC(=O)Nc2ccc(F)c(-c3nnc(-c4ccccc4)o3)c2)c1. The first-order valence-electron chi connectivity index (χ1n) is 9.49. The van der Waals surface area contributed by atoms with E-state index in [1.165, 1.54) is 31.4 Å². The maximum Gasteiger partial charge on any atom is 0.337 e. The summed E-state index contributed by atoms with van der Waals surface area (Å²) >= 11 is 0. The molecular formula is C23H17FN4O4. The largest absolute Gasteiger partial charge is 0.465 e. The van der Waals surface area contributed by atoms with Gasteiger partial charge in [-0.2, -0.15) is 0 Å². The van der Waals surface area contributed by atoms with Gasteiger partial charge in [-0.15, -0.1) is 10.2 Å². The van der Waals surface area contributed by atoms with Crippen molar-refractivity contribution >= 4 is 23.4 Å². The normalized spacial score (nSPS) is 10.4. The van der Waals surface area contributed by atoms with E-state index in [4.69, 9.17) is 4.42 Å². The number of halogens is 1. The molecule has 8 nitrogen and oxygen atoms in total. The molecule has 4 aromatic rings. The lowest BCUT2D eigenvalue weighted by Gasteiger charge is -2.09. The smallest absolute Gasteiger partial charge is 0.337 e. The van der Waals surface area contributed by atoms with Gasteiger partial charge in [0.1, 0.15) is 5.82 Å². The predicted octanol–water partition coefficient (Wildman–Crippen LogP) is 4.97. The number of amides is 2. The lowest BCUT2D eigenvalue weighted by atomic mass is 10.2. The van der Waals surface area contributed by atoms with Crippen molar-refractivity contribution in [3.8, 4) is 22.9 Å². The molecule has 0 spiro atoms. The van der Waals surface area contributed by atoms with E-state index in [-0.39, 0.29) is 17.3 Å². The first-order chi connectivity index (χ1) is 15.5. The first kappa shape index (κ1) is 20.7. The molecule has 0 aliphatic carbocycles. The Labute approximate surface area is 182 Å². The third kappa shape index (κ3) is 4.62. The van der Waals surface area contributed by atoms with Crippen LogP contribution in [0.15, 0.2) is 77.2 Å². The highest BCUT2D eigenvalue weighted by Gasteiger charge is 2.16. The Balaban J connectivity index is 1.50. The standard InChI is InChI=1S/C23H17FN4O4/c1-31-22(29)15-8-5-9-16(12-15)25-23(30)26-17-10-11-19(24)18(13-17)21-28-27-20(32-21)14-6-3-2-4-7-14/h2-13H,1H3,(H2,25,26,30). The van der Waals surface area contributed by atoms with Crippen LogP contribution in [-0.2, 0) is 4.74 Å². The molecule has 9 heteroatoms. The van der Waals surface area contributed by atoms with Gasteiger partial charge in [0.25, 0.3) is 5.89 Å². The van der Waals surface area contributed by atoms with E-state index >= 15 is 0 Å². The summed E-state index contributed by atoms with van der Waals surface area (Å²) in [7, 11) is 1.27. The monoisotopic (exact) mass is 432 g/mol. The predicted molar refractivity (Wildman–Crippen MR) is 116 cm³/mol. The summed E-state index contributed by atoms with van der Waals surface area (Å²) < 4.78 is 24.7. The second-order valence-corrected chi connectivity index (χ2v) is 6.62. The van der Waals surface area contributed by atoms with Crippen molar-refractivity contribution in [1.29, 1.82) is 0 Å². The maximum absolute atomic E-state index is 14.4. The molecule has 3 aromatic carbocycles. The summed E-state index contributed by atoms with van der Waals surface area (Å²) in [5.41, 5.74) is 1.74. The van der Waals surface area contributed by atoms with Crippen LogP contribution < -0.4 is 10.6 Å². The highest BCUT2D eigenvalue weighted by molar-refractivity contribution is 6.01. The zero-order valence-corrected chi connectivity index (χ0v) is 16.8. The van der Waals surface area contributed by atoms with Crippen molar-refractivity contribution in [2.24, 2.45) is 0 Å². The molecule has 2 amide bonds. The average Bonchev–Trinajstić information content (AvgIpc) is 3.30. The molecule has 2 N–H and O–H groups in total. The number of hydrogen-bond donors (Lipinski definition) is 2. The Hall–Kier alpha value is -4.53. The number of methoxy groups -OCH3 is 1. The van der Waals surface area contributed by atoms with Gasteiger partial charge in [0.15, 0.2) is 0 Å². The van der Waals surface area contributed by atoms with Crippen molar-refractivity contribution in [2.75, 3.05) is 17.7 Å². The topological polar surface area (TPSA) is 106 Å². The third-order valence-electron chi connectivity index (χ3n) is 4.44. The fourth-order valence-electron chi connectivity index (χ4n) is 2.93. The van der Waals surface area contributed by atoms with Crippen LogP contribution in [0.3, 0.4) is 0 Å². The molecule has 0 fully saturated rings. The maximum atomic E-state index is 14.4. The Bertz CT molecular complexity index is 1270. The molecule has 0 radical (unpaired) electrons. The number of benzene rings is 3. The Morgan fingerprint density at radius 2 is 1.59 bits per heavy atom. The van der Waals surface area contributed by atoms with Gasteiger partial charge in [-0.1, -0.05) is 24.3 Å². The van der Waals surface area contributed by atoms with E-state index in [1.54, 1.807) is 30.3 Å². The number of anilines is 2. The summed E-state index contributed by atoms with van der Waals surface area (Å²) in [5.74, 6) is -0.866. The van der Waals surface area contributed by atoms with Gasteiger partial charge in [0.2, 0.25) is 5.89 Å². The van der Waals surface area contributed by atoms with Gasteiger partial charge in [-0.05, 0) is 48.5 Å². The van der Waals surface area contributed by atoms with Gasteiger partial charge in [-0.25, -0.2) is 14.0 Å². The highest BCUT2D eigenvalue weighted by Crippen LogP contribution is 2.28. The summed E-state index contributed by atoms with van der Waals surface area (Å²) in [5, 5.41) is 13.1. The van der Waals surface area contributed by atoms with Crippen LogP contribution in [0.1, 0.15) is 10.4 Å². The molecule has 0 saturated carbocycles. The summed E-state index contributed by atoms with van der Waals surface area (Å²) in [6, 6.07) is 18.8. The number of rotatable bonds is 5. The van der Waals surface area contributed by atoms with Crippen LogP contribution in [0.2, 0.25) is 0 Å². The van der Waals surface area contributed by atoms with Crippen molar-refractivity contribution < 1.29 is 23.1 Å². The molecule has 0 unspecified atom stereocenters. The molecule has 1 aromatic heterocycles. The molecular weight excluding hydrogens is 415 g/mol. The van der Waals surface area contributed by atoms with Gasteiger partial charge in [-0.3, -0.25) is 0 Å². The summed E-state index contributed by atoms with van der Waals surface area (Å²) in [6.45, 7) is 0. The Morgan fingerprint density at radius 3 is 2.34 bits per heavy atom. The zero-order chi connectivity index (χ0) is 22.5. The number of nitrogens with zero attached hydrogens (tertiary/aromatic N) is 2. The van der Waals surface area contributed by atoms with Crippen LogP contribution in [0.25, 0.3) is 22.9 Å². The van der Waals surface area contributed by atoms with Crippen LogP contribution >= 0.6 is 0 Å². The fourth-order valence-corrected chi connectivity index (χ4v) is 2.93. The minimum absolute atomic E-state index is 0.0174. The van der Waals surface area contributed by atoms with E-state index in [0.29, 0.717) is 22.5 Å². The van der Waals surface area contributed by atoms with Gasteiger partial charge in [0, 0.05) is 16.9 Å². The fraction of sp³-hybridized carbons (Fsp3) is 0.0435. The number of esters is 1. The van der Waals surface area contributed by atoms with E-state index in [2.05, 4.69) is 25.6 Å². The van der Waals surface area contributed by atoms with Crippen molar-refractivity contribution in [2.45, 2.75) is 0 Å². The first-order valence-corrected chi connectivity index (χ1v) is 9.49. The van der Waals surface area contributed by atoms with E-state index in [9.17, 15) is 14.0 Å². The second-order valence-electron chi connectivity index (χ2n) is 6.62. The molecule has 160 valence electrons. The van der Waals surface area contributed by atoms with Crippen molar-refractivity contribution in [3.63, 3.8) is 0 Å². The van der Waals surface area contributed by atoms with E-state index in [0.717, 1.165) is 0 Å². The minimum Gasteiger partial charge on any atom is -0.465 e. The number of nitrogens with one attached hydrogen (secondary N) is 2. The number of urea groups is 1. The van der Waals surface area contributed by atoms with Crippen molar-refractivity contribution in [1.82, 2.24) is 10.2 Å². The lowest BCUT2D eigenvalue weighted by molar-refractivity contribution is 0.0600. The second kappa shape index (κ2) is 9.09. The number of carbonyl (C=O) groups is 2. The summed E-state index contributed by atoms with van der Waals surface area (Å²) in [4.78, 5) is 24.0. The molecule has 0 aliphatic rings. The van der Waals surface area contributed by atoms with E-state index in [1.807, 2.05) is 18.2 Å².